The molecule has 10 heavy (non-hydrogen) atoms. The molecule has 2 heteroatoms. The Bertz CT molecular complexity index is 122. The van der Waals surface area contributed by atoms with Crippen LogP contribution in [0.15, 0.2) is 0 Å². The van der Waals surface area contributed by atoms with E-state index < -0.39 is 0 Å². The Morgan fingerprint density at radius 2 is 2.00 bits per heavy atom. The molecule has 0 aromatic rings. The van der Waals surface area contributed by atoms with Crippen LogP contribution in [-0.2, 0) is 9.47 Å². The SMILES string of the molecule is CC1CCCC12OCCO2. The molecule has 1 aliphatic carbocycles. The number of hydrogen-bond donors (Lipinski definition) is 0. The van der Waals surface area contributed by atoms with Crippen molar-refractivity contribution in [2.24, 2.45) is 5.92 Å². The zero-order valence-corrected chi connectivity index (χ0v) is 6.43. The quantitative estimate of drug-likeness (QED) is 0.511. The van der Waals surface area contributed by atoms with Gasteiger partial charge in [0.2, 0.25) is 0 Å². The maximum Gasteiger partial charge on any atom is 0.171 e. The van der Waals surface area contributed by atoms with Crippen LogP contribution in [0, 0.1) is 5.92 Å². The minimum atomic E-state index is -0.153. The maximum atomic E-state index is 5.59. The smallest absolute Gasteiger partial charge is 0.171 e. The third-order valence-electron chi connectivity index (χ3n) is 2.69. The average Bonchev–Trinajstić information content (AvgIpc) is 2.48. The summed E-state index contributed by atoms with van der Waals surface area (Å²) in [5, 5.41) is 0. The predicted molar refractivity (Wildman–Crippen MR) is 37.6 cm³/mol. The third-order valence-corrected chi connectivity index (χ3v) is 2.69. The molecule has 2 fully saturated rings. The van der Waals surface area contributed by atoms with E-state index in [1.54, 1.807) is 0 Å². The minimum Gasteiger partial charge on any atom is -0.347 e. The molecule has 1 aliphatic heterocycles. The Kier molecular flexibility index (Phi) is 1.46. The normalized spacial score (nSPS) is 37.5. The second-order valence-electron chi connectivity index (χ2n) is 3.30. The van der Waals surface area contributed by atoms with Gasteiger partial charge in [-0.1, -0.05) is 6.92 Å². The van der Waals surface area contributed by atoms with E-state index in [4.69, 9.17) is 9.47 Å². The van der Waals surface area contributed by atoms with E-state index in [1.807, 2.05) is 0 Å². The molecule has 0 aromatic heterocycles. The summed E-state index contributed by atoms with van der Waals surface area (Å²) in [7, 11) is 0. The van der Waals surface area contributed by atoms with Crippen LogP contribution in [0.3, 0.4) is 0 Å². The van der Waals surface area contributed by atoms with Gasteiger partial charge in [-0.3, -0.25) is 0 Å². The second kappa shape index (κ2) is 2.21. The van der Waals surface area contributed by atoms with Gasteiger partial charge in [0.15, 0.2) is 5.79 Å². The average molecular weight is 142 g/mol. The van der Waals surface area contributed by atoms with Crippen molar-refractivity contribution in [2.45, 2.75) is 32.0 Å². The van der Waals surface area contributed by atoms with Crippen LogP contribution in [0.5, 0.6) is 0 Å². The van der Waals surface area contributed by atoms with Crippen molar-refractivity contribution in [3.05, 3.63) is 0 Å². The summed E-state index contributed by atoms with van der Waals surface area (Å²) < 4.78 is 11.2. The lowest BCUT2D eigenvalue weighted by Gasteiger charge is -2.26. The van der Waals surface area contributed by atoms with Crippen molar-refractivity contribution >= 4 is 0 Å². The number of ether oxygens (including phenoxy) is 2. The standard InChI is InChI=1S/C8H14O2/c1-7-3-2-4-8(7)9-5-6-10-8/h7H,2-6H2,1H3. The van der Waals surface area contributed by atoms with Crippen LogP contribution >= 0.6 is 0 Å². The molecule has 0 bridgehead atoms. The molecule has 1 saturated carbocycles. The predicted octanol–water partition coefficient (Wildman–Crippen LogP) is 1.55. The summed E-state index contributed by atoms with van der Waals surface area (Å²) in [5.74, 6) is 0.454. The molecule has 1 unspecified atom stereocenters. The van der Waals surface area contributed by atoms with E-state index in [2.05, 4.69) is 6.92 Å². The van der Waals surface area contributed by atoms with Gasteiger partial charge in [0.1, 0.15) is 0 Å². The maximum absolute atomic E-state index is 5.59. The van der Waals surface area contributed by atoms with Crippen LogP contribution in [0.25, 0.3) is 0 Å². The Morgan fingerprint density at radius 3 is 2.50 bits per heavy atom. The fourth-order valence-corrected chi connectivity index (χ4v) is 2.02. The molecule has 1 saturated heterocycles. The fourth-order valence-electron chi connectivity index (χ4n) is 2.02. The van der Waals surface area contributed by atoms with Crippen molar-refractivity contribution in [3.63, 3.8) is 0 Å². The van der Waals surface area contributed by atoms with Gasteiger partial charge in [-0.05, 0) is 12.8 Å². The largest absolute Gasteiger partial charge is 0.347 e. The van der Waals surface area contributed by atoms with Crippen LogP contribution in [0.2, 0.25) is 0 Å². The van der Waals surface area contributed by atoms with E-state index in [1.165, 1.54) is 12.8 Å². The van der Waals surface area contributed by atoms with Crippen LogP contribution in [0.1, 0.15) is 26.2 Å². The van der Waals surface area contributed by atoms with Gasteiger partial charge in [-0.2, -0.15) is 0 Å². The van der Waals surface area contributed by atoms with E-state index in [-0.39, 0.29) is 5.79 Å². The van der Waals surface area contributed by atoms with Gasteiger partial charge in [-0.25, -0.2) is 0 Å². The Hall–Kier alpha value is -0.0800. The van der Waals surface area contributed by atoms with Gasteiger partial charge in [-0.15, -0.1) is 0 Å². The molecule has 1 atom stereocenters. The molecule has 2 rings (SSSR count). The van der Waals surface area contributed by atoms with E-state index in [0.29, 0.717) is 5.92 Å². The van der Waals surface area contributed by atoms with E-state index in [9.17, 15) is 0 Å². The molecule has 58 valence electrons. The highest BCUT2D eigenvalue weighted by molar-refractivity contribution is 4.86. The lowest BCUT2D eigenvalue weighted by molar-refractivity contribution is -0.177. The second-order valence-corrected chi connectivity index (χ2v) is 3.30. The lowest BCUT2D eigenvalue weighted by atomic mass is 10.1. The van der Waals surface area contributed by atoms with E-state index in [0.717, 1.165) is 19.6 Å². The number of hydrogen-bond acceptors (Lipinski definition) is 2. The van der Waals surface area contributed by atoms with E-state index >= 15 is 0 Å². The third kappa shape index (κ3) is 0.789. The summed E-state index contributed by atoms with van der Waals surface area (Å²) in [4.78, 5) is 0. The molecule has 1 heterocycles. The molecule has 0 aromatic carbocycles. The molecular formula is C8H14O2. The first-order valence-corrected chi connectivity index (χ1v) is 4.11. The molecule has 1 spiro atoms. The zero-order chi connectivity index (χ0) is 7.03. The zero-order valence-electron chi connectivity index (χ0n) is 6.43. The summed E-state index contributed by atoms with van der Waals surface area (Å²) >= 11 is 0. The lowest BCUT2D eigenvalue weighted by Crippen LogP contribution is -2.32. The molecule has 2 aliphatic rings. The number of rotatable bonds is 0. The first kappa shape index (κ1) is 6.62. The fraction of sp³-hybridized carbons (Fsp3) is 1.00. The van der Waals surface area contributed by atoms with Crippen molar-refractivity contribution in [1.29, 1.82) is 0 Å². The topological polar surface area (TPSA) is 18.5 Å². The van der Waals surface area contributed by atoms with Crippen LogP contribution < -0.4 is 0 Å². The van der Waals surface area contributed by atoms with Crippen molar-refractivity contribution in [1.82, 2.24) is 0 Å². The molecule has 0 amide bonds. The van der Waals surface area contributed by atoms with Crippen LogP contribution in [-0.4, -0.2) is 19.0 Å². The van der Waals surface area contributed by atoms with Gasteiger partial charge in [0.05, 0.1) is 13.2 Å². The first-order valence-electron chi connectivity index (χ1n) is 4.11. The summed E-state index contributed by atoms with van der Waals surface area (Å²) in [6.07, 6.45) is 3.63. The van der Waals surface area contributed by atoms with Gasteiger partial charge in [0.25, 0.3) is 0 Å². The van der Waals surface area contributed by atoms with Gasteiger partial charge < -0.3 is 9.47 Å². The highest BCUT2D eigenvalue weighted by Gasteiger charge is 2.45. The van der Waals surface area contributed by atoms with Crippen LogP contribution in [0.4, 0.5) is 0 Å². The van der Waals surface area contributed by atoms with Gasteiger partial charge in [0, 0.05) is 12.3 Å². The monoisotopic (exact) mass is 142 g/mol. The molecule has 2 nitrogen and oxygen atoms in total. The highest BCUT2D eigenvalue weighted by atomic mass is 16.7. The summed E-state index contributed by atoms with van der Waals surface area (Å²) in [6, 6.07) is 0. The van der Waals surface area contributed by atoms with Crippen molar-refractivity contribution in [3.8, 4) is 0 Å². The molecule has 0 radical (unpaired) electrons. The van der Waals surface area contributed by atoms with Crippen molar-refractivity contribution < 1.29 is 9.47 Å². The first-order chi connectivity index (χ1) is 4.83. The van der Waals surface area contributed by atoms with Gasteiger partial charge >= 0.3 is 0 Å². The Labute approximate surface area is 61.5 Å². The molecular weight excluding hydrogens is 128 g/mol. The minimum absolute atomic E-state index is 0.153. The Balaban J connectivity index is 2.11. The van der Waals surface area contributed by atoms with Crippen molar-refractivity contribution in [2.75, 3.05) is 13.2 Å². The Morgan fingerprint density at radius 1 is 1.30 bits per heavy atom. The highest BCUT2D eigenvalue weighted by Crippen LogP contribution is 2.41. The summed E-state index contributed by atoms with van der Waals surface area (Å²) in [5.41, 5.74) is 0. The molecule has 0 N–H and O–H groups in total. The summed E-state index contributed by atoms with van der Waals surface area (Å²) in [6.45, 7) is 3.81.